The number of nitrogen functional groups attached to an aromatic ring is 2. The Morgan fingerprint density at radius 1 is 1.44 bits per heavy atom. The van der Waals surface area contributed by atoms with Gasteiger partial charge in [-0.3, -0.25) is 4.68 Å². The van der Waals surface area contributed by atoms with Gasteiger partial charge in [0.1, 0.15) is 5.02 Å². The second-order valence-corrected chi connectivity index (χ2v) is 4.24. The molecule has 0 aliphatic heterocycles. The summed E-state index contributed by atoms with van der Waals surface area (Å²) in [6.45, 7) is 0.387. The first-order valence-corrected chi connectivity index (χ1v) is 5.62. The number of nitrogens with two attached hydrogens (primary N) is 2. The van der Waals surface area contributed by atoms with Crippen molar-refractivity contribution in [3.8, 4) is 0 Å². The first kappa shape index (κ1) is 12.5. The Kier molecular flexibility index (Phi) is 3.29. The molecule has 0 amide bonds. The molecule has 2 aromatic rings. The Morgan fingerprint density at radius 3 is 2.78 bits per heavy atom. The van der Waals surface area contributed by atoms with Gasteiger partial charge in [-0.05, 0) is 12.1 Å². The quantitative estimate of drug-likeness (QED) is 0.744. The number of hydrogen-bond acceptors (Lipinski definition) is 4. The first-order valence-electron chi connectivity index (χ1n) is 5.24. The Hall–Kier alpha value is -1.95. The number of rotatable bonds is 3. The summed E-state index contributed by atoms with van der Waals surface area (Å²) in [5.41, 5.74) is 12.6. The van der Waals surface area contributed by atoms with Gasteiger partial charge in [-0.25, -0.2) is 4.39 Å². The number of nitrogens with zero attached hydrogens (tertiary/aromatic N) is 2. The largest absolute Gasteiger partial charge is 0.397 e. The monoisotopic (exact) mass is 269 g/mol. The van der Waals surface area contributed by atoms with Gasteiger partial charge in [0, 0.05) is 13.2 Å². The molecule has 0 aliphatic rings. The summed E-state index contributed by atoms with van der Waals surface area (Å²) in [7, 11) is 1.80. The lowest BCUT2D eigenvalue weighted by Crippen LogP contribution is -2.09. The number of hydrogen-bond donors (Lipinski definition) is 3. The standard InChI is InChI=1S/C11H13ClFN5/c1-18-6(2-3-17-18)5-16-11-8(15)4-7(14)9(12)10(11)13/h2-4,16H,5,14-15H2,1H3. The van der Waals surface area contributed by atoms with Crippen LogP contribution in [0.15, 0.2) is 18.3 Å². The molecule has 0 atom stereocenters. The van der Waals surface area contributed by atoms with Crippen molar-refractivity contribution in [2.45, 2.75) is 6.54 Å². The van der Waals surface area contributed by atoms with Crippen LogP contribution in [0.25, 0.3) is 0 Å². The van der Waals surface area contributed by atoms with Crippen molar-refractivity contribution in [3.05, 3.63) is 34.9 Å². The Bertz CT molecular complexity index is 581. The smallest absolute Gasteiger partial charge is 0.169 e. The molecule has 18 heavy (non-hydrogen) atoms. The minimum Gasteiger partial charge on any atom is -0.397 e. The Labute approximate surface area is 109 Å². The van der Waals surface area contributed by atoms with Crippen LogP contribution in [0.1, 0.15) is 5.69 Å². The van der Waals surface area contributed by atoms with Crippen molar-refractivity contribution in [1.29, 1.82) is 0 Å². The maximum Gasteiger partial charge on any atom is 0.169 e. The van der Waals surface area contributed by atoms with Crippen molar-refractivity contribution >= 4 is 28.7 Å². The molecule has 1 aromatic heterocycles. The van der Waals surface area contributed by atoms with Crippen molar-refractivity contribution < 1.29 is 4.39 Å². The number of anilines is 3. The summed E-state index contributed by atoms with van der Waals surface area (Å²) in [5, 5.41) is 6.77. The van der Waals surface area contributed by atoms with E-state index in [2.05, 4.69) is 10.4 Å². The van der Waals surface area contributed by atoms with E-state index in [0.717, 1.165) is 5.69 Å². The Morgan fingerprint density at radius 2 is 2.17 bits per heavy atom. The van der Waals surface area contributed by atoms with Crippen LogP contribution in [-0.2, 0) is 13.6 Å². The average molecular weight is 270 g/mol. The van der Waals surface area contributed by atoms with Crippen molar-refractivity contribution in [2.75, 3.05) is 16.8 Å². The molecule has 5 nitrogen and oxygen atoms in total. The molecule has 0 saturated carbocycles. The lowest BCUT2D eigenvalue weighted by Gasteiger charge is -2.13. The van der Waals surface area contributed by atoms with Gasteiger partial charge in [0.15, 0.2) is 5.82 Å². The number of nitrogens with one attached hydrogen (secondary N) is 1. The topological polar surface area (TPSA) is 81.9 Å². The average Bonchev–Trinajstić information content (AvgIpc) is 2.72. The molecular formula is C11H13ClFN5. The fourth-order valence-electron chi connectivity index (χ4n) is 1.60. The summed E-state index contributed by atoms with van der Waals surface area (Å²) in [4.78, 5) is 0. The van der Waals surface area contributed by atoms with E-state index >= 15 is 0 Å². The molecule has 7 heteroatoms. The fraction of sp³-hybridized carbons (Fsp3) is 0.182. The van der Waals surface area contributed by atoms with Crippen LogP contribution in [0.3, 0.4) is 0 Å². The molecule has 0 fully saturated rings. The molecule has 96 valence electrons. The predicted molar refractivity (Wildman–Crippen MR) is 70.8 cm³/mol. The number of aromatic nitrogens is 2. The zero-order chi connectivity index (χ0) is 13.3. The number of aryl methyl sites for hydroxylation is 1. The van der Waals surface area contributed by atoms with Gasteiger partial charge in [0.2, 0.25) is 0 Å². The molecule has 2 rings (SSSR count). The van der Waals surface area contributed by atoms with Gasteiger partial charge < -0.3 is 16.8 Å². The zero-order valence-electron chi connectivity index (χ0n) is 9.74. The molecular weight excluding hydrogens is 257 g/mol. The van der Waals surface area contributed by atoms with E-state index in [4.69, 9.17) is 23.1 Å². The fourth-order valence-corrected chi connectivity index (χ4v) is 1.75. The highest BCUT2D eigenvalue weighted by Gasteiger charge is 2.14. The maximum absolute atomic E-state index is 13.9. The minimum absolute atomic E-state index is 0.123. The highest BCUT2D eigenvalue weighted by atomic mass is 35.5. The second-order valence-electron chi connectivity index (χ2n) is 3.86. The molecule has 0 aliphatic carbocycles. The SMILES string of the molecule is Cn1nccc1CNc1c(N)cc(N)c(Cl)c1F. The summed E-state index contributed by atoms with van der Waals surface area (Å²) in [6, 6.07) is 3.25. The third kappa shape index (κ3) is 2.19. The molecule has 0 unspecified atom stereocenters. The van der Waals surface area contributed by atoms with Crippen molar-refractivity contribution in [2.24, 2.45) is 7.05 Å². The molecule has 0 saturated heterocycles. The lowest BCUT2D eigenvalue weighted by atomic mass is 10.2. The third-order valence-corrected chi connectivity index (χ3v) is 3.02. The van der Waals surface area contributed by atoms with Gasteiger partial charge in [0.05, 0.1) is 29.3 Å². The summed E-state index contributed by atoms with van der Waals surface area (Å²) < 4.78 is 15.6. The van der Waals surface area contributed by atoms with Crippen LogP contribution in [0.2, 0.25) is 5.02 Å². The van der Waals surface area contributed by atoms with E-state index < -0.39 is 5.82 Å². The third-order valence-electron chi connectivity index (χ3n) is 2.63. The number of benzene rings is 1. The van der Waals surface area contributed by atoms with Crippen molar-refractivity contribution in [3.63, 3.8) is 0 Å². The number of halogens is 2. The predicted octanol–water partition coefficient (Wildman–Crippen LogP) is 1.99. The molecule has 0 spiro atoms. The van der Waals surface area contributed by atoms with Gasteiger partial charge in [-0.15, -0.1) is 0 Å². The van der Waals surface area contributed by atoms with Crippen LogP contribution in [0.5, 0.6) is 0 Å². The molecule has 1 aromatic carbocycles. The van der Waals surface area contributed by atoms with Crippen molar-refractivity contribution in [1.82, 2.24) is 9.78 Å². The summed E-state index contributed by atoms with van der Waals surface area (Å²) >= 11 is 5.73. The van der Waals surface area contributed by atoms with E-state index in [-0.39, 0.29) is 22.1 Å². The van der Waals surface area contributed by atoms with E-state index in [1.165, 1.54) is 6.07 Å². The van der Waals surface area contributed by atoms with Gasteiger partial charge in [0.25, 0.3) is 0 Å². The van der Waals surface area contributed by atoms with Gasteiger partial charge in [-0.1, -0.05) is 11.6 Å². The van der Waals surface area contributed by atoms with E-state index in [1.54, 1.807) is 17.9 Å². The van der Waals surface area contributed by atoms with E-state index in [1.807, 2.05) is 6.07 Å². The second kappa shape index (κ2) is 4.73. The molecule has 0 bridgehead atoms. The maximum atomic E-state index is 13.9. The summed E-state index contributed by atoms with van der Waals surface area (Å²) in [5.74, 6) is -0.642. The van der Waals surface area contributed by atoms with E-state index in [0.29, 0.717) is 6.54 Å². The zero-order valence-corrected chi connectivity index (χ0v) is 10.5. The van der Waals surface area contributed by atoms with Crippen LogP contribution in [-0.4, -0.2) is 9.78 Å². The highest BCUT2D eigenvalue weighted by Crippen LogP contribution is 2.33. The highest BCUT2D eigenvalue weighted by molar-refractivity contribution is 6.33. The van der Waals surface area contributed by atoms with Crippen LogP contribution in [0.4, 0.5) is 21.5 Å². The lowest BCUT2D eigenvalue weighted by molar-refractivity contribution is 0.630. The normalized spacial score (nSPS) is 10.6. The van der Waals surface area contributed by atoms with Crippen LogP contribution < -0.4 is 16.8 Å². The van der Waals surface area contributed by atoms with Gasteiger partial charge >= 0.3 is 0 Å². The van der Waals surface area contributed by atoms with Crippen LogP contribution >= 0.6 is 11.6 Å². The minimum atomic E-state index is -0.642. The molecule has 0 radical (unpaired) electrons. The molecule has 5 N–H and O–H groups in total. The Balaban J connectivity index is 2.25. The van der Waals surface area contributed by atoms with Gasteiger partial charge in [-0.2, -0.15) is 5.10 Å². The van der Waals surface area contributed by atoms with E-state index in [9.17, 15) is 4.39 Å². The summed E-state index contributed by atoms with van der Waals surface area (Å²) in [6.07, 6.45) is 1.66. The van der Waals surface area contributed by atoms with Crippen LogP contribution in [0, 0.1) is 5.82 Å². The molecule has 1 heterocycles. The first-order chi connectivity index (χ1) is 8.50.